The summed E-state index contributed by atoms with van der Waals surface area (Å²) in [7, 11) is 0. The van der Waals surface area contributed by atoms with Gasteiger partial charge in [0.05, 0.1) is 0 Å². The quantitative estimate of drug-likeness (QED) is 0.663. The molecule has 1 aromatic heterocycles. The van der Waals surface area contributed by atoms with Gasteiger partial charge in [-0.2, -0.15) is 13.2 Å². The fraction of sp³-hybridized carbons (Fsp3) is 0.105. The van der Waals surface area contributed by atoms with Crippen LogP contribution in [0.2, 0.25) is 0 Å². The molecule has 3 aromatic rings. The molecule has 5 nitrogen and oxygen atoms in total. The smallest absolute Gasteiger partial charge is 0.343 e. The van der Waals surface area contributed by atoms with E-state index in [2.05, 4.69) is 10.3 Å². The molecule has 28 heavy (non-hydrogen) atoms. The van der Waals surface area contributed by atoms with E-state index in [4.69, 9.17) is 0 Å². The van der Waals surface area contributed by atoms with Crippen molar-refractivity contribution in [1.82, 2.24) is 10.3 Å². The number of carbonyl (C=O) groups is 2. The number of hydrogen-bond donors (Lipinski definition) is 2. The SMILES string of the molecule is O=C(NCC(F)(F)F)c1ccc(NC(=O)c2csc(-c3ccccc3)n2)cc1. The lowest BCUT2D eigenvalue weighted by Gasteiger charge is -2.09. The summed E-state index contributed by atoms with van der Waals surface area (Å²) >= 11 is 1.34. The van der Waals surface area contributed by atoms with Crippen LogP contribution in [0.1, 0.15) is 20.8 Å². The Hall–Kier alpha value is -3.20. The second-order valence-electron chi connectivity index (χ2n) is 5.73. The highest BCUT2D eigenvalue weighted by Gasteiger charge is 2.27. The standard InChI is InChI=1S/C19H14F3N3O2S/c20-19(21,22)11-23-16(26)12-6-8-14(9-7-12)24-17(27)15-10-28-18(25-15)13-4-2-1-3-5-13/h1-10H,11H2,(H,23,26)(H,24,27). The van der Waals surface area contributed by atoms with Crippen molar-refractivity contribution >= 4 is 28.8 Å². The van der Waals surface area contributed by atoms with Crippen molar-refractivity contribution in [2.75, 3.05) is 11.9 Å². The van der Waals surface area contributed by atoms with Gasteiger partial charge in [-0.25, -0.2) is 4.98 Å². The number of nitrogens with one attached hydrogen (secondary N) is 2. The second-order valence-corrected chi connectivity index (χ2v) is 6.59. The van der Waals surface area contributed by atoms with Gasteiger partial charge in [0.15, 0.2) is 0 Å². The van der Waals surface area contributed by atoms with E-state index in [9.17, 15) is 22.8 Å². The van der Waals surface area contributed by atoms with E-state index in [0.717, 1.165) is 5.56 Å². The number of hydrogen-bond acceptors (Lipinski definition) is 4. The van der Waals surface area contributed by atoms with Crippen molar-refractivity contribution < 1.29 is 22.8 Å². The van der Waals surface area contributed by atoms with Crippen molar-refractivity contribution in [1.29, 1.82) is 0 Å². The molecule has 0 saturated heterocycles. The van der Waals surface area contributed by atoms with Crippen LogP contribution >= 0.6 is 11.3 Å². The largest absolute Gasteiger partial charge is 0.405 e. The second kappa shape index (κ2) is 8.22. The predicted molar refractivity (Wildman–Crippen MR) is 100 cm³/mol. The lowest BCUT2D eigenvalue weighted by atomic mass is 10.2. The molecule has 0 unspecified atom stereocenters. The van der Waals surface area contributed by atoms with Crippen molar-refractivity contribution in [3.63, 3.8) is 0 Å². The number of nitrogens with zero attached hydrogens (tertiary/aromatic N) is 1. The average molecular weight is 405 g/mol. The summed E-state index contributed by atoms with van der Waals surface area (Å²) in [6, 6.07) is 15.0. The molecular weight excluding hydrogens is 391 g/mol. The van der Waals surface area contributed by atoms with Gasteiger partial charge in [0.2, 0.25) is 0 Å². The molecule has 9 heteroatoms. The molecule has 0 aliphatic rings. The number of carbonyl (C=O) groups excluding carboxylic acids is 2. The Morgan fingerprint density at radius 3 is 2.29 bits per heavy atom. The van der Waals surface area contributed by atoms with E-state index < -0.39 is 24.5 Å². The zero-order valence-corrected chi connectivity index (χ0v) is 15.1. The summed E-state index contributed by atoms with van der Waals surface area (Å²) in [6.45, 7) is -1.40. The summed E-state index contributed by atoms with van der Waals surface area (Å²) in [5.41, 5.74) is 1.60. The minimum Gasteiger partial charge on any atom is -0.343 e. The summed E-state index contributed by atoms with van der Waals surface area (Å²) in [4.78, 5) is 28.3. The Morgan fingerprint density at radius 1 is 0.964 bits per heavy atom. The van der Waals surface area contributed by atoms with Crippen LogP contribution in [0.15, 0.2) is 60.0 Å². The Kier molecular flexibility index (Phi) is 5.74. The average Bonchev–Trinajstić information content (AvgIpc) is 3.17. The van der Waals surface area contributed by atoms with Gasteiger partial charge in [-0.1, -0.05) is 30.3 Å². The molecule has 2 amide bonds. The minimum atomic E-state index is -4.48. The van der Waals surface area contributed by atoms with Gasteiger partial charge in [0.1, 0.15) is 17.2 Å². The van der Waals surface area contributed by atoms with E-state index in [-0.39, 0.29) is 11.3 Å². The van der Waals surface area contributed by atoms with E-state index >= 15 is 0 Å². The fourth-order valence-corrected chi connectivity index (χ4v) is 3.08. The summed E-state index contributed by atoms with van der Waals surface area (Å²) in [5.74, 6) is -1.27. The molecule has 0 atom stereocenters. The Bertz CT molecular complexity index is 970. The highest BCUT2D eigenvalue weighted by molar-refractivity contribution is 7.13. The number of alkyl halides is 3. The molecule has 2 N–H and O–H groups in total. The van der Waals surface area contributed by atoms with Gasteiger partial charge in [0.25, 0.3) is 11.8 Å². The number of rotatable bonds is 5. The summed E-state index contributed by atoms with van der Waals surface area (Å²) in [5, 5.41) is 6.77. The van der Waals surface area contributed by atoms with Gasteiger partial charge in [-0.3, -0.25) is 9.59 Å². The van der Waals surface area contributed by atoms with E-state index in [1.807, 2.05) is 30.3 Å². The van der Waals surface area contributed by atoms with Crippen LogP contribution in [0, 0.1) is 0 Å². The Balaban J connectivity index is 1.62. The van der Waals surface area contributed by atoms with Crippen LogP contribution < -0.4 is 10.6 Å². The first-order valence-corrected chi connectivity index (χ1v) is 8.97. The van der Waals surface area contributed by atoms with Gasteiger partial charge in [-0.15, -0.1) is 11.3 Å². The van der Waals surface area contributed by atoms with Gasteiger partial charge in [-0.05, 0) is 24.3 Å². The number of halogens is 3. The molecule has 0 radical (unpaired) electrons. The van der Waals surface area contributed by atoms with Gasteiger partial charge < -0.3 is 10.6 Å². The van der Waals surface area contributed by atoms with Gasteiger partial charge in [0, 0.05) is 22.2 Å². The van der Waals surface area contributed by atoms with Crippen LogP contribution in [-0.2, 0) is 0 Å². The van der Waals surface area contributed by atoms with Crippen LogP contribution in [-0.4, -0.2) is 29.5 Å². The first-order chi connectivity index (χ1) is 13.3. The first-order valence-electron chi connectivity index (χ1n) is 8.09. The molecule has 0 aliphatic heterocycles. The molecule has 0 aliphatic carbocycles. The third kappa shape index (κ3) is 5.17. The van der Waals surface area contributed by atoms with Crippen molar-refractivity contribution in [3.05, 3.63) is 71.2 Å². The number of aromatic nitrogens is 1. The maximum Gasteiger partial charge on any atom is 0.405 e. The summed E-state index contributed by atoms with van der Waals surface area (Å²) < 4.78 is 36.4. The normalized spacial score (nSPS) is 11.1. The Labute approximate surface area is 162 Å². The molecule has 144 valence electrons. The Morgan fingerprint density at radius 2 is 1.64 bits per heavy atom. The van der Waals surface area contributed by atoms with Crippen molar-refractivity contribution in [2.45, 2.75) is 6.18 Å². The molecular formula is C19H14F3N3O2S. The summed E-state index contributed by atoms with van der Waals surface area (Å²) in [6.07, 6.45) is -4.48. The third-order valence-corrected chi connectivity index (χ3v) is 4.50. The predicted octanol–water partition coefficient (Wildman–Crippen LogP) is 4.35. The van der Waals surface area contributed by atoms with E-state index in [1.54, 1.807) is 10.7 Å². The zero-order valence-electron chi connectivity index (χ0n) is 14.3. The lowest BCUT2D eigenvalue weighted by Crippen LogP contribution is -2.33. The third-order valence-electron chi connectivity index (χ3n) is 3.61. The molecule has 0 saturated carbocycles. The first kappa shape index (κ1) is 19.6. The van der Waals surface area contributed by atoms with E-state index in [0.29, 0.717) is 10.7 Å². The zero-order chi connectivity index (χ0) is 20.1. The van der Waals surface area contributed by atoms with E-state index in [1.165, 1.54) is 35.6 Å². The van der Waals surface area contributed by atoms with Crippen molar-refractivity contribution in [2.24, 2.45) is 0 Å². The number of thiazole rings is 1. The minimum absolute atomic E-state index is 0.0577. The van der Waals surface area contributed by atoms with Crippen LogP contribution in [0.3, 0.4) is 0 Å². The monoisotopic (exact) mass is 405 g/mol. The molecule has 0 spiro atoms. The van der Waals surface area contributed by atoms with Crippen LogP contribution in [0.4, 0.5) is 18.9 Å². The highest BCUT2D eigenvalue weighted by Crippen LogP contribution is 2.23. The topological polar surface area (TPSA) is 71.1 Å². The number of benzene rings is 2. The molecule has 0 bridgehead atoms. The number of amides is 2. The molecule has 2 aromatic carbocycles. The maximum atomic E-state index is 12.3. The lowest BCUT2D eigenvalue weighted by molar-refractivity contribution is -0.123. The number of anilines is 1. The maximum absolute atomic E-state index is 12.3. The fourth-order valence-electron chi connectivity index (χ4n) is 2.27. The van der Waals surface area contributed by atoms with Gasteiger partial charge >= 0.3 is 6.18 Å². The highest BCUT2D eigenvalue weighted by atomic mass is 32.1. The van der Waals surface area contributed by atoms with Crippen LogP contribution in [0.5, 0.6) is 0 Å². The van der Waals surface area contributed by atoms with Crippen molar-refractivity contribution in [3.8, 4) is 10.6 Å². The molecule has 3 rings (SSSR count). The molecule has 1 heterocycles. The van der Waals surface area contributed by atoms with Crippen LogP contribution in [0.25, 0.3) is 10.6 Å². The molecule has 0 fully saturated rings.